The van der Waals surface area contributed by atoms with Crippen LogP contribution in [0.25, 0.3) is 0 Å². The molecule has 1 aromatic heterocycles. The Balaban J connectivity index is 0. The maximum absolute atomic E-state index is 8.42. The lowest BCUT2D eigenvalue weighted by Crippen LogP contribution is -2.05. The molecule has 13 heavy (non-hydrogen) atoms. The Morgan fingerprint density at radius 3 is 2.38 bits per heavy atom. The van der Waals surface area contributed by atoms with E-state index in [0.717, 1.165) is 5.56 Å². The number of halogens is 2. The third kappa shape index (κ3) is 4.09. The number of hydrogen-bond acceptors (Lipinski definition) is 3. The van der Waals surface area contributed by atoms with Crippen molar-refractivity contribution in [3.8, 4) is 6.07 Å². The second-order valence-corrected chi connectivity index (χ2v) is 2.38. The molecule has 1 rings (SSSR count). The first-order chi connectivity index (χ1) is 5.24. The maximum Gasteiger partial charge on any atom is 0.140 e. The van der Waals surface area contributed by atoms with Crippen LogP contribution in [0.5, 0.6) is 0 Å². The molecule has 0 saturated heterocycles. The third-order valence-electron chi connectivity index (χ3n) is 1.43. The van der Waals surface area contributed by atoms with Gasteiger partial charge in [0.2, 0.25) is 0 Å². The van der Waals surface area contributed by atoms with Crippen LogP contribution in [0.2, 0.25) is 0 Å². The smallest absolute Gasteiger partial charge is 0.140 e. The van der Waals surface area contributed by atoms with Crippen LogP contribution < -0.4 is 5.73 Å². The number of nitriles is 1. The number of nitrogens with zero attached hydrogens (tertiary/aromatic N) is 2. The molecule has 0 amide bonds. The number of nitrogens with two attached hydrogens (primary N) is 1. The Morgan fingerprint density at radius 1 is 1.46 bits per heavy atom. The zero-order chi connectivity index (χ0) is 8.27. The summed E-state index contributed by atoms with van der Waals surface area (Å²) in [7, 11) is 0. The van der Waals surface area contributed by atoms with Gasteiger partial charge in [-0.2, -0.15) is 5.26 Å². The highest BCUT2D eigenvalue weighted by Gasteiger charge is 1.98. The fourth-order valence-corrected chi connectivity index (χ4v) is 0.741. The van der Waals surface area contributed by atoms with Crippen molar-refractivity contribution in [1.82, 2.24) is 4.98 Å². The molecule has 0 aliphatic rings. The molecule has 1 heterocycles. The van der Waals surface area contributed by atoms with Gasteiger partial charge in [-0.1, -0.05) is 6.07 Å². The summed E-state index contributed by atoms with van der Waals surface area (Å²) in [4.78, 5) is 3.88. The molecule has 72 valence electrons. The van der Waals surface area contributed by atoms with Gasteiger partial charge in [0.25, 0.3) is 0 Å². The lowest BCUT2D eigenvalue weighted by Gasteiger charge is -2.02. The summed E-state index contributed by atoms with van der Waals surface area (Å²) in [5, 5.41) is 8.42. The van der Waals surface area contributed by atoms with Crippen LogP contribution in [-0.2, 0) is 0 Å². The van der Waals surface area contributed by atoms with Crippen LogP contribution in [-0.4, -0.2) is 4.98 Å². The van der Waals surface area contributed by atoms with Crippen LogP contribution in [0.15, 0.2) is 18.3 Å². The monoisotopic (exact) mass is 219 g/mol. The first kappa shape index (κ1) is 14.7. The van der Waals surface area contributed by atoms with Crippen molar-refractivity contribution in [2.24, 2.45) is 5.73 Å². The van der Waals surface area contributed by atoms with Gasteiger partial charge in [0, 0.05) is 12.2 Å². The summed E-state index contributed by atoms with van der Waals surface area (Å²) in [5.41, 5.74) is 6.96. The van der Waals surface area contributed by atoms with Crippen LogP contribution in [0.4, 0.5) is 0 Å². The Hall–Kier alpha value is -0.820. The van der Waals surface area contributed by atoms with Crippen molar-refractivity contribution < 1.29 is 0 Å². The molecule has 1 unspecified atom stereocenters. The minimum Gasteiger partial charge on any atom is -0.324 e. The van der Waals surface area contributed by atoms with E-state index in [2.05, 4.69) is 4.98 Å². The zero-order valence-corrected chi connectivity index (χ0v) is 8.73. The van der Waals surface area contributed by atoms with Crippen LogP contribution in [0.1, 0.15) is 24.2 Å². The van der Waals surface area contributed by atoms with Gasteiger partial charge < -0.3 is 5.73 Å². The van der Waals surface area contributed by atoms with Crippen molar-refractivity contribution in [3.05, 3.63) is 29.6 Å². The third-order valence-corrected chi connectivity index (χ3v) is 1.43. The summed E-state index contributed by atoms with van der Waals surface area (Å²) >= 11 is 0. The van der Waals surface area contributed by atoms with Crippen molar-refractivity contribution >= 4 is 24.8 Å². The molecule has 0 aliphatic heterocycles. The molecule has 5 heteroatoms. The molecule has 0 spiro atoms. The van der Waals surface area contributed by atoms with Gasteiger partial charge in [-0.25, -0.2) is 4.98 Å². The quantitative estimate of drug-likeness (QED) is 0.784. The SMILES string of the molecule is CC(N)c1ccc(C#N)nc1.Cl.Cl. The number of pyridine rings is 1. The Morgan fingerprint density at radius 2 is 2.08 bits per heavy atom. The van der Waals surface area contributed by atoms with Gasteiger partial charge >= 0.3 is 0 Å². The van der Waals surface area contributed by atoms with Crippen molar-refractivity contribution in [1.29, 1.82) is 5.26 Å². The maximum atomic E-state index is 8.42. The molecule has 1 aromatic rings. The van der Waals surface area contributed by atoms with E-state index in [1.807, 2.05) is 19.1 Å². The summed E-state index contributed by atoms with van der Waals surface area (Å²) in [5.74, 6) is 0. The average molecular weight is 220 g/mol. The van der Waals surface area contributed by atoms with E-state index in [1.54, 1.807) is 12.3 Å². The van der Waals surface area contributed by atoms with Gasteiger partial charge in [-0.05, 0) is 18.6 Å². The van der Waals surface area contributed by atoms with Crippen molar-refractivity contribution in [3.63, 3.8) is 0 Å². The van der Waals surface area contributed by atoms with E-state index in [4.69, 9.17) is 11.0 Å². The standard InChI is InChI=1S/C8H9N3.2ClH/c1-6(10)7-2-3-8(4-9)11-5-7;;/h2-3,5-6H,10H2,1H3;2*1H. The second kappa shape index (κ2) is 6.67. The van der Waals surface area contributed by atoms with E-state index >= 15 is 0 Å². The van der Waals surface area contributed by atoms with Crippen LogP contribution in [0, 0.1) is 11.3 Å². The normalized spacial score (nSPS) is 10.2. The summed E-state index contributed by atoms with van der Waals surface area (Å²) in [6, 6.07) is 5.40. The first-order valence-electron chi connectivity index (χ1n) is 3.35. The molecular weight excluding hydrogens is 209 g/mol. The highest BCUT2D eigenvalue weighted by atomic mass is 35.5. The Bertz CT molecular complexity index is 276. The highest BCUT2D eigenvalue weighted by molar-refractivity contribution is 5.85. The molecule has 0 radical (unpaired) electrons. The van der Waals surface area contributed by atoms with Gasteiger partial charge in [0.1, 0.15) is 11.8 Å². The van der Waals surface area contributed by atoms with Gasteiger partial charge in [-0.15, -0.1) is 24.8 Å². The second-order valence-electron chi connectivity index (χ2n) is 2.38. The van der Waals surface area contributed by atoms with Gasteiger partial charge in [-0.3, -0.25) is 0 Å². The summed E-state index contributed by atoms with van der Waals surface area (Å²) in [6.45, 7) is 1.88. The first-order valence-corrected chi connectivity index (χ1v) is 3.35. The predicted octanol–water partition coefficient (Wildman–Crippen LogP) is 1.82. The lowest BCUT2D eigenvalue weighted by atomic mass is 10.1. The minimum absolute atomic E-state index is 0. The van der Waals surface area contributed by atoms with Crippen molar-refractivity contribution in [2.75, 3.05) is 0 Å². The molecular formula is C8H11Cl2N3. The van der Waals surface area contributed by atoms with E-state index < -0.39 is 0 Å². The predicted molar refractivity (Wildman–Crippen MR) is 56.1 cm³/mol. The molecule has 3 nitrogen and oxygen atoms in total. The molecule has 2 N–H and O–H groups in total. The van der Waals surface area contributed by atoms with E-state index in [0.29, 0.717) is 5.69 Å². The Labute approximate surface area is 89.8 Å². The summed E-state index contributed by atoms with van der Waals surface area (Å²) < 4.78 is 0. The van der Waals surface area contributed by atoms with Crippen molar-refractivity contribution in [2.45, 2.75) is 13.0 Å². The largest absolute Gasteiger partial charge is 0.324 e. The molecule has 0 fully saturated rings. The topological polar surface area (TPSA) is 62.7 Å². The zero-order valence-electron chi connectivity index (χ0n) is 7.10. The van der Waals surface area contributed by atoms with E-state index in [9.17, 15) is 0 Å². The van der Waals surface area contributed by atoms with E-state index in [1.165, 1.54) is 0 Å². The molecule has 0 aliphatic carbocycles. The fourth-order valence-electron chi connectivity index (χ4n) is 0.741. The summed E-state index contributed by atoms with van der Waals surface area (Å²) in [6.07, 6.45) is 1.63. The average Bonchev–Trinajstić information content (AvgIpc) is 2.05. The van der Waals surface area contributed by atoms with Crippen LogP contribution in [0.3, 0.4) is 0 Å². The number of rotatable bonds is 1. The Kier molecular flexibility index (Phi) is 7.54. The van der Waals surface area contributed by atoms with Gasteiger partial charge in [0.15, 0.2) is 0 Å². The number of hydrogen-bond donors (Lipinski definition) is 1. The number of aromatic nitrogens is 1. The lowest BCUT2D eigenvalue weighted by molar-refractivity contribution is 0.811. The van der Waals surface area contributed by atoms with Crippen LogP contribution >= 0.6 is 24.8 Å². The minimum atomic E-state index is -0.0183. The fraction of sp³-hybridized carbons (Fsp3) is 0.250. The molecule has 0 saturated carbocycles. The van der Waals surface area contributed by atoms with E-state index in [-0.39, 0.29) is 30.9 Å². The highest BCUT2D eigenvalue weighted by Crippen LogP contribution is 2.06. The molecule has 0 bridgehead atoms. The van der Waals surface area contributed by atoms with Gasteiger partial charge in [0.05, 0.1) is 0 Å². The molecule has 1 atom stereocenters. The molecule has 0 aromatic carbocycles.